The van der Waals surface area contributed by atoms with Crippen LogP contribution in [-0.4, -0.2) is 40.2 Å². The molecule has 1 unspecified atom stereocenters. The van der Waals surface area contributed by atoms with Crippen LogP contribution in [-0.2, 0) is 4.79 Å². The van der Waals surface area contributed by atoms with Crippen LogP contribution in [0.3, 0.4) is 0 Å². The van der Waals surface area contributed by atoms with Crippen LogP contribution in [0, 0.1) is 0 Å². The molecule has 4 heteroatoms. The second kappa shape index (κ2) is 8.12. The van der Waals surface area contributed by atoms with E-state index in [0.717, 1.165) is 25.1 Å². The molecule has 0 aromatic heterocycles. The van der Waals surface area contributed by atoms with Gasteiger partial charge in [0, 0.05) is 0 Å². The average molecular weight is 219 g/mol. The van der Waals surface area contributed by atoms with Crippen LogP contribution in [0.25, 0.3) is 0 Å². The first-order valence-corrected chi connectivity index (χ1v) is 6.27. The molecule has 0 spiro atoms. The zero-order valence-corrected chi connectivity index (χ0v) is 10.1. The fourth-order valence-corrected chi connectivity index (χ4v) is 2.47. The monoisotopic (exact) mass is 219 g/mol. The normalized spacial score (nSPS) is 13.1. The standard InChI is InChI=1S/C10H21NO2S/c1-4-7-11(8-10(12)13)9(5-2)14-6-3/h9H,4-8H2,1-3H3,(H,12,13). The molecule has 3 nitrogen and oxygen atoms in total. The highest BCUT2D eigenvalue weighted by atomic mass is 32.2. The van der Waals surface area contributed by atoms with Gasteiger partial charge in [-0.25, -0.2) is 0 Å². The SMILES string of the molecule is CCCN(CC(=O)O)C(CC)SCC. The van der Waals surface area contributed by atoms with Crippen molar-refractivity contribution in [3.8, 4) is 0 Å². The predicted molar refractivity (Wildman–Crippen MR) is 61.7 cm³/mol. The lowest BCUT2D eigenvalue weighted by Gasteiger charge is -2.28. The van der Waals surface area contributed by atoms with Crippen LogP contribution in [0.1, 0.15) is 33.6 Å². The molecule has 1 atom stereocenters. The molecular formula is C10H21NO2S. The van der Waals surface area contributed by atoms with Crippen molar-refractivity contribution < 1.29 is 9.90 Å². The van der Waals surface area contributed by atoms with Gasteiger partial charge in [0.1, 0.15) is 0 Å². The van der Waals surface area contributed by atoms with E-state index in [1.807, 2.05) is 11.8 Å². The molecule has 0 bridgehead atoms. The van der Waals surface area contributed by atoms with E-state index in [9.17, 15) is 4.79 Å². The lowest BCUT2D eigenvalue weighted by atomic mass is 10.3. The van der Waals surface area contributed by atoms with Crippen LogP contribution in [0.15, 0.2) is 0 Å². The Morgan fingerprint density at radius 2 is 2.07 bits per heavy atom. The van der Waals surface area contributed by atoms with Crippen molar-refractivity contribution in [2.75, 3.05) is 18.8 Å². The van der Waals surface area contributed by atoms with Gasteiger partial charge in [-0.05, 0) is 25.1 Å². The zero-order chi connectivity index (χ0) is 11.0. The largest absolute Gasteiger partial charge is 0.480 e. The highest BCUT2D eigenvalue weighted by molar-refractivity contribution is 7.99. The third-order valence-corrected chi connectivity index (χ3v) is 3.31. The summed E-state index contributed by atoms with van der Waals surface area (Å²) in [5.41, 5.74) is 0. The van der Waals surface area contributed by atoms with Crippen LogP contribution >= 0.6 is 11.8 Å². The number of carbonyl (C=O) groups is 1. The Kier molecular flexibility index (Phi) is 7.99. The molecule has 0 aromatic rings. The molecular weight excluding hydrogens is 198 g/mol. The number of hydrogen-bond donors (Lipinski definition) is 1. The molecule has 0 aliphatic rings. The maximum atomic E-state index is 10.7. The van der Waals surface area contributed by atoms with Gasteiger partial charge in [-0.15, -0.1) is 11.8 Å². The minimum Gasteiger partial charge on any atom is -0.480 e. The Labute approximate surface area is 90.9 Å². The lowest BCUT2D eigenvalue weighted by molar-refractivity contribution is -0.138. The average Bonchev–Trinajstić information content (AvgIpc) is 2.13. The molecule has 0 saturated carbocycles. The number of rotatable bonds is 8. The van der Waals surface area contributed by atoms with Gasteiger partial charge in [-0.3, -0.25) is 9.69 Å². The molecule has 0 saturated heterocycles. The summed E-state index contributed by atoms with van der Waals surface area (Å²) in [6, 6.07) is 0. The Morgan fingerprint density at radius 3 is 2.43 bits per heavy atom. The molecule has 0 fully saturated rings. The number of carboxylic acids is 1. The summed E-state index contributed by atoms with van der Waals surface area (Å²) in [7, 11) is 0. The minimum atomic E-state index is -0.728. The van der Waals surface area contributed by atoms with E-state index in [0.29, 0.717) is 5.37 Å². The van der Waals surface area contributed by atoms with E-state index in [1.54, 1.807) is 0 Å². The summed E-state index contributed by atoms with van der Waals surface area (Å²) in [6.45, 7) is 7.34. The third kappa shape index (κ3) is 5.50. The number of aliphatic carboxylic acids is 1. The molecule has 0 rings (SSSR count). The van der Waals surface area contributed by atoms with Crippen molar-refractivity contribution in [1.82, 2.24) is 4.90 Å². The summed E-state index contributed by atoms with van der Waals surface area (Å²) >= 11 is 1.83. The molecule has 0 radical (unpaired) electrons. The summed E-state index contributed by atoms with van der Waals surface area (Å²) in [6.07, 6.45) is 2.01. The Bertz CT molecular complexity index is 164. The highest BCUT2D eigenvalue weighted by Crippen LogP contribution is 2.18. The maximum absolute atomic E-state index is 10.7. The van der Waals surface area contributed by atoms with Crippen molar-refractivity contribution in [2.24, 2.45) is 0 Å². The summed E-state index contributed by atoms with van der Waals surface area (Å²) in [4.78, 5) is 12.7. The van der Waals surface area contributed by atoms with E-state index in [4.69, 9.17) is 5.11 Å². The molecule has 0 aromatic carbocycles. The van der Waals surface area contributed by atoms with Gasteiger partial charge in [0.2, 0.25) is 0 Å². The van der Waals surface area contributed by atoms with Gasteiger partial charge in [0.05, 0.1) is 11.9 Å². The Balaban J connectivity index is 4.18. The van der Waals surface area contributed by atoms with Gasteiger partial charge in [0.25, 0.3) is 0 Å². The minimum absolute atomic E-state index is 0.166. The van der Waals surface area contributed by atoms with E-state index in [1.165, 1.54) is 0 Å². The van der Waals surface area contributed by atoms with Crippen LogP contribution < -0.4 is 0 Å². The van der Waals surface area contributed by atoms with Crippen molar-refractivity contribution >= 4 is 17.7 Å². The first kappa shape index (κ1) is 13.8. The first-order valence-electron chi connectivity index (χ1n) is 5.23. The Hall–Kier alpha value is -0.220. The van der Waals surface area contributed by atoms with Crippen LogP contribution in [0.2, 0.25) is 0 Å². The molecule has 0 aliphatic carbocycles. The number of thioether (sulfide) groups is 1. The van der Waals surface area contributed by atoms with Crippen molar-refractivity contribution in [3.05, 3.63) is 0 Å². The van der Waals surface area contributed by atoms with Crippen molar-refractivity contribution in [1.29, 1.82) is 0 Å². The maximum Gasteiger partial charge on any atom is 0.317 e. The predicted octanol–water partition coefficient (Wildman–Crippen LogP) is 2.27. The molecule has 0 amide bonds. The van der Waals surface area contributed by atoms with Gasteiger partial charge >= 0.3 is 5.97 Å². The summed E-state index contributed by atoms with van der Waals surface area (Å²) in [5.74, 6) is 0.312. The number of nitrogens with zero attached hydrogens (tertiary/aromatic N) is 1. The second-order valence-corrected chi connectivity index (χ2v) is 4.64. The Morgan fingerprint density at radius 1 is 1.43 bits per heavy atom. The van der Waals surface area contributed by atoms with Crippen molar-refractivity contribution in [3.63, 3.8) is 0 Å². The van der Waals surface area contributed by atoms with E-state index in [2.05, 4.69) is 25.7 Å². The fraction of sp³-hybridized carbons (Fsp3) is 0.900. The zero-order valence-electron chi connectivity index (χ0n) is 9.32. The molecule has 0 aliphatic heterocycles. The third-order valence-electron chi connectivity index (χ3n) is 1.96. The number of carboxylic acid groups (broad SMARTS) is 1. The highest BCUT2D eigenvalue weighted by Gasteiger charge is 2.17. The van der Waals surface area contributed by atoms with Gasteiger partial charge < -0.3 is 5.11 Å². The lowest BCUT2D eigenvalue weighted by Crippen LogP contribution is -2.37. The number of hydrogen-bond acceptors (Lipinski definition) is 3. The van der Waals surface area contributed by atoms with E-state index in [-0.39, 0.29) is 6.54 Å². The fourth-order valence-electron chi connectivity index (χ4n) is 1.46. The quantitative estimate of drug-likeness (QED) is 0.636. The van der Waals surface area contributed by atoms with Gasteiger partial charge in [0.15, 0.2) is 0 Å². The van der Waals surface area contributed by atoms with E-state index < -0.39 is 5.97 Å². The molecule has 1 N–H and O–H groups in total. The topological polar surface area (TPSA) is 40.5 Å². The van der Waals surface area contributed by atoms with E-state index >= 15 is 0 Å². The molecule has 0 heterocycles. The van der Waals surface area contributed by atoms with Gasteiger partial charge in [-0.2, -0.15) is 0 Å². The second-order valence-electron chi connectivity index (χ2n) is 3.18. The van der Waals surface area contributed by atoms with Crippen molar-refractivity contribution in [2.45, 2.75) is 39.0 Å². The molecule has 84 valence electrons. The smallest absolute Gasteiger partial charge is 0.317 e. The van der Waals surface area contributed by atoms with Crippen LogP contribution in [0.4, 0.5) is 0 Å². The summed E-state index contributed by atoms with van der Waals surface area (Å²) in [5, 5.41) is 9.13. The van der Waals surface area contributed by atoms with Gasteiger partial charge in [-0.1, -0.05) is 20.8 Å². The molecule has 14 heavy (non-hydrogen) atoms. The first-order chi connectivity index (χ1) is 6.65. The van der Waals surface area contributed by atoms with Crippen LogP contribution in [0.5, 0.6) is 0 Å². The summed E-state index contributed by atoms with van der Waals surface area (Å²) < 4.78 is 0.